The van der Waals surface area contributed by atoms with E-state index < -0.39 is 28.1 Å². The number of nitrogens with zero attached hydrogens (tertiary/aromatic N) is 2. The van der Waals surface area contributed by atoms with Gasteiger partial charge in [0.05, 0.1) is 23.6 Å². The van der Waals surface area contributed by atoms with Crippen LogP contribution in [0.2, 0.25) is 0 Å². The summed E-state index contributed by atoms with van der Waals surface area (Å²) in [6.45, 7) is 8.50. The van der Waals surface area contributed by atoms with Gasteiger partial charge in [0.15, 0.2) is 11.6 Å². The van der Waals surface area contributed by atoms with Gasteiger partial charge in [0.2, 0.25) is 0 Å². The number of hydrogen-bond donors (Lipinski definition) is 0. The number of amides is 1. The van der Waals surface area contributed by atoms with E-state index in [4.69, 9.17) is 9.47 Å². The molecular formula is C16H23FN2O5. The molecule has 0 spiro atoms. The molecule has 1 aromatic carbocycles. The van der Waals surface area contributed by atoms with Gasteiger partial charge in [-0.25, -0.2) is 9.18 Å². The Morgan fingerprint density at radius 1 is 1.38 bits per heavy atom. The lowest BCUT2D eigenvalue weighted by atomic mass is 10.1. The van der Waals surface area contributed by atoms with Gasteiger partial charge in [0.1, 0.15) is 5.60 Å². The quantitative estimate of drug-likeness (QED) is 0.599. The standard InChI is InChI=1S/C16H23FN2O5/c1-10(2)23-14-11(7-12(19(21)22)8-13(14)17)9-18(6)15(20)24-16(3,4)5/h7-8,10H,9H2,1-6H3. The molecule has 0 aliphatic heterocycles. The Kier molecular flexibility index (Phi) is 6.11. The first-order valence-corrected chi connectivity index (χ1v) is 7.48. The van der Waals surface area contributed by atoms with Crippen LogP contribution in [0.4, 0.5) is 14.9 Å². The van der Waals surface area contributed by atoms with Gasteiger partial charge in [-0.05, 0) is 34.6 Å². The Labute approximate surface area is 140 Å². The summed E-state index contributed by atoms with van der Waals surface area (Å²) in [4.78, 5) is 23.5. The number of hydrogen-bond acceptors (Lipinski definition) is 5. The highest BCUT2D eigenvalue weighted by Crippen LogP contribution is 2.30. The van der Waals surface area contributed by atoms with Crippen molar-refractivity contribution in [2.75, 3.05) is 7.05 Å². The van der Waals surface area contributed by atoms with E-state index in [-0.39, 0.29) is 24.0 Å². The lowest BCUT2D eigenvalue weighted by Crippen LogP contribution is -2.34. The van der Waals surface area contributed by atoms with Crippen LogP contribution in [0.3, 0.4) is 0 Å². The Morgan fingerprint density at radius 2 is 1.96 bits per heavy atom. The van der Waals surface area contributed by atoms with Crippen molar-refractivity contribution in [1.29, 1.82) is 0 Å². The molecule has 7 nitrogen and oxygen atoms in total. The molecule has 0 saturated carbocycles. The van der Waals surface area contributed by atoms with Crippen molar-refractivity contribution in [3.8, 4) is 5.75 Å². The van der Waals surface area contributed by atoms with Crippen molar-refractivity contribution >= 4 is 11.8 Å². The monoisotopic (exact) mass is 342 g/mol. The second kappa shape index (κ2) is 7.46. The van der Waals surface area contributed by atoms with Crippen LogP contribution >= 0.6 is 0 Å². The number of benzene rings is 1. The molecule has 24 heavy (non-hydrogen) atoms. The number of nitro groups is 1. The second-order valence-corrected chi connectivity index (χ2v) is 6.68. The van der Waals surface area contributed by atoms with Gasteiger partial charge in [-0.1, -0.05) is 0 Å². The number of carbonyl (C=O) groups is 1. The molecule has 134 valence electrons. The zero-order valence-electron chi connectivity index (χ0n) is 14.8. The molecule has 0 aromatic heterocycles. The van der Waals surface area contributed by atoms with Gasteiger partial charge in [-0.15, -0.1) is 0 Å². The van der Waals surface area contributed by atoms with E-state index in [1.54, 1.807) is 34.6 Å². The highest BCUT2D eigenvalue weighted by molar-refractivity contribution is 5.68. The van der Waals surface area contributed by atoms with Crippen molar-refractivity contribution in [3.05, 3.63) is 33.6 Å². The minimum absolute atomic E-state index is 0.0877. The smallest absolute Gasteiger partial charge is 0.410 e. The lowest BCUT2D eigenvalue weighted by molar-refractivity contribution is -0.385. The predicted octanol–water partition coefficient (Wildman–Crippen LogP) is 3.89. The second-order valence-electron chi connectivity index (χ2n) is 6.68. The van der Waals surface area contributed by atoms with Crippen LogP contribution in [0.1, 0.15) is 40.2 Å². The van der Waals surface area contributed by atoms with E-state index in [0.29, 0.717) is 0 Å². The Morgan fingerprint density at radius 3 is 2.42 bits per heavy atom. The number of non-ortho nitro benzene ring substituents is 1. The van der Waals surface area contributed by atoms with Gasteiger partial charge in [0.25, 0.3) is 5.69 Å². The minimum Gasteiger partial charge on any atom is -0.488 e. The molecule has 0 heterocycles. The SMILES string of the molecule is CC(C)Oc1c(F)cc([N+](=O)[O-])cc1CN(C)C(=O)OC(C)(C)C. The first-order valence-electron chi connectivity index (χ1n) is 7.48. The summed E-state index contributed by atoms with van der Waals surface area (Å²) in [6, 6.07) is 2.00. The zero-order valence-corrected chi connectivity index (χ0v) is 14.8. The normalized spacial score (nSPS) is 11.3. The third kappa shape index (κ3) is 5.68. The van der Waals surface area contributed by atoms with Crippen LogP contribution in [0, 0.1) is 15.9 Å². The molecule has 0 unspecified atom stereocenters. The predicted molar refractivity (Wildman–Crippen MR) is 86.5 cm³/mol. The first kappa shape index (κ1) is 19.7. The molecule has 0 N–H and O–H groups in total. The van der Waals surface area contributed by atoms with Gasteiger partial charge >= 0.3 is 6.09 Å². The van der Waals surface area contributed by atoms with Crippen LogP contribution in [0.25, 0.3) is 0 Å². The van der Waals surface area contributed by atoms with Crippen molar-refractivity contribution < 1.29 is 23.6 Å². The maximum Gasteiger partial charge on any atom is 0.410 e. The number of ether oxygens (including phenoxy) is 2. The van der Waals surface area contributed by atoms with Crippen LogP contribution in [0.5, 0.6) is 5.75 Å². The third-order valence-corrected chi connectivity index (χ3v) is 2.78. The maximum absolute atomic E-state index is 14.2. The summed E-state index contributed by atoms with van der Waals surface area (Å²) in [5, 5.41) is 10.9. The fourth-order valence-electron chi connectivity index (χ4n) is 1.88. The highest BCUT2D eigenvalue weighted by Gasteiger charge is 2.24. The van der Waals surface area contributed by atoms with Crippen molar-refractivity contribution in [2.24, 2.45) is 0 Å². The van der Waals surface area contributed by atoms with Crippen molar-refractivity contribution in [2.45, 2.75) is 52.9 Å². The third-order valence-electron chi connectivity index (χ3n) is 2.78. The van der Waals surface area contributed by atoms with Crippen LogP contribution in [0.15, 0.2) is 12.1 Å². The number of nitro benzene ring substituents is 1. The molecule has 0 aliphatic rings. The molecule has 0 radical (unpaired) electrons. The summed E-state index contributed by atoms with van der Waals surface area (Å²) in [6.07, 6.45) is -0.948. The van der Waals surface area contributed by atoms with Crippen LogP contribution < -0.4 is 4.74 Å². The Balaban J connectivity index is 3.15. The molecule has 1 amide bonds. The van der Waals surface area contributed by atoms with E-state index in [1.807, 2.05) is 0 Å². The maximum atomic E-state index is 14.2. The van der Waals surface area contributed by atoms with Crippen LogP contribution in [-0.2, 0) is 11.3 Å². The molecule has 1 rings (SSSR count). The van der Waals surface area contributed by atoms with E-state index in [1.165, 1.54) is 18.0 Å². The summed E-state index contributed by atoms with van der Waals surface area (Å²) in [5.74, 6) is -0.948. The van der Waals surface area contributed by atoms with E-state index >= 15 is 0 Å². The molecule has 0 atom stereocenters. The van der Waals surface area contributed by atoms with Crippen LogP contribution in [-0.4, -0.2) is 34.7 Å². The summed E-state index contributed by atoms with van der Waals surface area (Å²) in [5.41, 5.74) is -0.892. The van der Waals surface area contributed by atoms with E-state index in [2.05, 4.69) is 0 Å². The first-order chi connectivity index (χ1) is 10.9. The average Bonchev–Trinajstić information content (AvgIpc) is 2.39. The Hall–Kier alpha value is -2.38. The topological polar surface area (TPSA) is 81.9 Å². The summed E-state index contributed by atoms with van der Waals surface area (Å²) >= 11 is 0. The fourth-order valence-corrected chi connectivity index (χ4v) is 1.88. The number of rotatable bonds is 5. The Bertz CT molecular complexity index is 626. The zero-order chi connectivity index (χ0) is 18.7. The van der Waals surface area contributed by atoms with Gasteiger partial charge in [-0.3, -0.25) is 10.1 Å². The molecule has 0 bridgehead atoms. The molecule has 0 saturated heterocycles. The number of carbonyl (C=O) groups excluding carboxylic acids is 1. The largest absolute Gasteiger partial charge is 0.488 e. The molecular weight excluding hydrogens is 319 g/mol. The van der Waals surface area contributed by atoms with Crippen molar-refractivity contribution in [1.82, 2.24) is 4.90 Å². The van der Waals surface area contributed by atoms with Gasteiger partial charge in [-0.2, -0.15) is 0 Å². The average molecular weight is 342 g/mol. The van der Waals surface area contributed by atoms with Gasteiger partial charge in [0, 0.05) is 18.7 Å². The fraction of sp³-hybridized carbons (Fsp3) is 0.562. The molecule has 0 fully saturated rings. The van der Waals surface area contributed by atoms with Crippen molar-refractivity contribution in [3.63, 3.8) is 0 Å². The van der Waals surface area contributed by atoms with Gasteiger partial charge < -0.3 is 14.4 Å². The lowest BCUT2D eigenvalue weighted by Gasteiger charge is -2.25. The highest BCUT2D eigenvalue weighted by atomic mass is 19.1. The minimum atomic E-state index is -0.842. The van der Waals surface area contributed by atoms with E-state index in [9.17, 15) is 19.3 Å². The molecule has 8 heteroatoms. The molecule has 1 aromatic rings. The molecule has 0 aliphatic carbocycles. The summed E-state index contributed by atoms with van der Waals surface area (Å²) in [7, 11) is 1.46. The number of halogens is 1. The summed E-state index contributed by atoms with van der Waals surface area (Å²) < 4.78 is 24.8. The van der Waals surface area contributed by atoms with E-state index in [0.717, 1.165) is 6.07 Å².